The quantitative estimate of drug-likeness (QED) is 0.874. The highest BCUT2D eigenvalue weighted by atomic mass is 32.2. The van der Waals surface area contributed by atoms with E-state index in [1.165, 1.54) is 16.3 Å². The second-order valence-corrected chi connectivity index (χ2v) is 8.05. The van der Waals surface area contributed by atoms with Gasteiger partial charge < -0.3 is 0 Å². The van der Waals surface area contributed by atoms with Crippen LogP contribution in [0.3, 0.4) is 0 Å². The molecular formula is C17H22N2OS. The van der Waals surface area contributed by atoms with Gasteiger partial charge in [-0.05, 0) is 36.4 Å². The summed E-state index contributed by atoms with van der Waals surface area (Å²) in [5.41, 5.74) is 1.32. The van der Waals surface area contributed by atoms with E-state index >= 15 is 0 Å². The van der Waals surface area contributed by atoms with Gasteiger partial charge in [-0.15, -0.1) is 0 Å². The molecule has 1 aliphatic heterocycles. The van der Waals surface area contributed by atoms with Gasteiger partial charge in [-0.2, -0.15) is 0 Å². The molecule has 0 aliphatic carbocycles. The smallest absolute Gasteiger partial charge is 0.0475 e. The van der Waals surface area contributed by atoms with Crippen molar-refractivity contribution in [2.75, 3.05) is 13.1 Å². The molecule has 0 bridgehead atoms. The van der Waals surface area contributed by atoms with E-state index in [4.69, 9.17) is 0 Å². The summed E-state index contributed by atoms with van der Waals surface area (Å²) in [7, 11) is -0.674. The Morgan fingerprint density at radius 1 is 1.29 bits per heavy atom. The standard InChI is InChI=1S/C17H22N2OS/c1-3-17-12-19(10-13(2)21(17)20)11-14-4-5-16-9-18-7-6-15(16)8-14/h4-9,13,17H,3,10-12H2,1-2H3. The molecule has 21 heavy (non-hydrogen) atoms. The molecule has 3 unspecified atom stereocenters. The summed E-state index contributed by atoms with van der Waals surface area (Å²) >= 11 is 0. The van der Waals surface area contributed by atoms with Crippen LogP contribution in [0.2, 0.25) is 0 Å². The molecule has 0 radical (unpaired) electrons. The topological polar surface area (TPSA) is 33.2 Å². The number of hydrogen-bond donors (Lipinski definition) is 0. The summed E-state index contributed by atoms with van der Waals surface area (Å²) in [5, 5.41) is 3.01. The summed E-state index contributed by atoms with van der Waals surface area (Å²) in [6, 6.07) is 8.62. The molecule has 112 valence electrons. The van der Waals surface area contributed by atoms with Crippen molar-refractivity contribution < 1.29 is 4.21 Å². The molecule has 1 saturated heterocycles. The first kappa shape index (κ1) is 14.7. The predicted molar refractivity (Wildman–Crippen MR) is 88.7 cm³/mol. The van der Waals surface area contributed by atoms with Crippen molar-refractivity contribution in [1.82, 2.24) is 9.88 Å². The molecule has 4 heteroatoms. The first-order valence-corrected chi connectivity index (χ1v) is 8.89. The SMILES string of the molecule is CCC1CN(Cc2ccc3cnccc3c2)CC(C)S1=O. The Bertz CT molecular complexity index is 658. The number of nitrogens with zero attached hydrogens (tertiary/aromatic N) is 2. The van der Waals surface area contributed by atoms with E-state index in [1.807, 2.05) is 12.4 Å². The first-order chi connectivity index (χ1) is 10.2. The van der Waals surface area contributed by atoms with Gasteiger partial charge in [-0.25, -0.2) is 0 Å². The zero-order chi connectivity index (χ0) is 14.8. The van der Waals surface area contributed by atoms with Crippen LogP contribution in [0.5, 0.6) is 0 Å². The number of pyridine rings is 1. The molecule has 0 saturated carbocycles. The highest BCUT2D eigenvalue weighted by Crippen LogP contribution is 2.21. The van der Waals surface area contributed by atoms with Gasteiger partial charge in [0.2, 0.25) is 0 Å². The van der Waals surface area contributed by atoms with Crippen molar-refractivity contribution >= 4 is 21.6 Å². The van der Waals surface area contributed by atoms with Crippen LogP contribution in [-0.4, -0.2) is 37.7 Å². The zero-order valence-corrected chi connectivity index (χ0v) is 13.5. The minimum Gasteiger partial charge on any atom is -0.297 e. The molecule has 3 rings (SSSR count). The lowest BCUT2D eigenvalue weighted by Gasteiger charge is -2.35. The molecule has 2 heterocycles. The fourth-order valence-corrected chi connectivity index (χ4v) is 4.81. The summed E-state index contributed by atoms with van der Waals surface area (Å²) in [6.07, 6.45) is 4.74. The Hall–Kier alpha value is -1.26. The Morgan fingerprint density at radius 3 is 2.95 bits per heavy atom. The minimum atomic E-state index is -0.674. The highest BCUT2D eigenvalue weighted by Gasteiger charge is 2.30. The number of benzene rings is 1. The molecule has 1 aromatic carbocycles. The van der Waals surface area contributed by atoms with Gasteiger partial charge in [-0.1, -0.05) is 19.1 Å². The van der Waals surface area contributed by atoms with Gasteiger partial charge >= 0.3 is 0 Å². The van der Waals surface area contributed by atoms with Crippen LogP contribution < -0.4 is 0 Å². The molecule has 2 aromatic rings. The molecule has 1 fully saturated rings. The van der Waals surface area contributed by atoms with Gasteiger partial charge in [-0.3, -0.25) is 14.1 Å². The van der Waals surface area contributed by atoms with Crippen molar-refractivity contribution in [3.05, 3.63) is 42.2 Å². The average molecular weight is 302 g/mol. The minimum absolute atomic E-state index is 0.272. The number of aromatic nitrogens is 1. The second-order valence-electron chi connectivity index (χ2n) is 5.92. The molecule has 3 atom stereocenters. The zero-order valence-electron chi connectivity index (χ0n) is 12.7. The highest BCUT2D eigenvalue weighted by molar-refractivity contribution is 7.86. The fourth-order valence-electron chi connectivity index (χ4n) is 3.11. The molecule has 0 N–H and O–H groups in total. The van der Waals surface area contributed by atoms with Crippen LogP contribution >= 0.6 is 0 Å². The lowest BCUT2D eigenvalue weighted by atomic mass is 10.1. The van der Waals surface area contributed by atoms with Crippen LogP contribution in [0, 0.1) is 0 Å². The normalized spacial score (nSPS) is 27.0. The maximum Gasteiger partial charge on any atom is 0.0475 e. The van der Waals surface area contributed by atoms with Crippen molar-refractivity contribution in [3.63, 3.8) is 0 Å². The second kappa shape index (κ2) is 6.24. The third-order valence-corrected chi connectivity index (χ3v) is 6.35. The Labute approximate surface area is 128 Å². The summed E-state index contributed by atoms with van der Waals surface area (Å²) < 4.78 is 12.2. The number of rotatable bonds is 3. The van der Waals surface area contributed by atoms with E-state index in [9.17, 15) is 4.21 Å². The predicted octanol–water partition coefficient (Wildman–Crippen LogP) is 2.97. The molecule has 0 amide bonds. The maximum atomic E-state index is 12.2. The van der Waals surface area contributed by atoms with Crippen LogP contribution in [-0.2, 0) is 17.3 Å². The molecule has 3 nitrogen and oxygen atoms in total. The van der Waals surface area contributed by atoms with Crippen LogP contribution in [0.15, 0.2) is 36.7 Å². The number of fused-ring (bicyclic) bond motifs is 1. The van der Waals surface area contributed by atoms with Gasteiger partial charge in [0, 0.05) is 58.7 Å². The van der Waals surface area contributed by atoms with Gasteiger partial charge in [0.15, 0.2) is 0 Å². The lowest BCUT2D eigenvalue weighted by Crippen LogP contribution is -2.47. The number of hydrogen-bond acceptors (Lipinski definition) is 3. The molecule has 1 aromatic heterocycles. The fraction of sp³-hybridized carbons (Fsp3) is 0.471. The Kier molecular flexibility index (Phi) is 4.36. The van der Waals surface area contributed by atoms with Crippen molar-refractivity contribution in [2.45, 2.75) is 37.3 Å². The molecule has 0 spiro atoms. The van der Waals surface area contributed by atoms with E-state index in [2.05, 4.69) is 48.0 Å². The summed E-state index contributed by atoms with van der Waals surface area (Å²) in [6.45, 7) is 7.06. The van der Waals surface area contributed by atoms with E-state index < -0.39 is 10.8 Å². The maximum absolute atomic E-state index is 12.2. The Morgan fingerprint density at radius 2 is 2.14 bits per heavy atom. The van der Waals surface area contributed by atoms with Gasteiger partial charge in [0.1, 0.15) is 0 Å². The van der Waals surface area contributed by atoms with E-state index in [0.29, 0.717) is 5.25 Å². The molecule has 1 aliphatic rings. The van der Waals surface area contributed by atoms with Crippen molar-refractivity contribution in [1.29, 1.82) is 0 Å². The third kappa shape index (κ3) is 3.16. The summed E-state index contributed by atoms with van der Waals surface area (Å²) in [5.74, 6) is 0. The van der Waals surface area contributed by atoms with Gasteiger partial charge in [0.05, 0.1) is 0 Å². The van der Waals surface area contributed by atoms with Crippen LogP contribution in [0.25, 0.3) is 10.8 Å². The largest absolute Gasteiger partial charge is 0.297 e. The molecular weight excluding hydrogens is 280 g/mol. The Balaban J connectivity index is 1.77. The monoisotopic (exact) mass is 302 g/mol. The third-order valence-electron chi connectivity index (χ3n) is 4.27. The van der Waals surface area contributed by atoms with Crippen LogP contribution in [0.1, 0.15) is 25.8 Å². The van der Waals surface area contributed by atoms with Crippen LogP contribution in [0.4, 0.5) is 0 Å². The van der Waals surface area contributed by atoms with E-state index in [1.54, 1.807) is 0 Å². The van der Waals surface area contributed by atoms with E-state index in [-0.39, 0.29) is 5.25 Å². The van der Waals surface area contributed by atoms with Crippen molar-refractivity contribution in [3.8, 4) is 0 Å². The average Bonchev–Trinajstić information content (AvgIpc) is 2.50. The summed E-state index contributed by atoms with van der Waals surface area (Å²) in [4.78, 5) is 6.60. The first-order valence-electron chi connectivity index (χ1n) is 7.61. The van der Waals surface area contributed by atoms with E-state index in [0.717, 1.165) is 26.1 Å². The van der Waals surface area contributed by atoms with Gasteiger partial charge in [0.25, 0.3) is 0 Å². The lowest BCUT2D eigenvalue weighted by molar-refractivity contribution is 0.253. The van der Waals surface area contributed by atoms with Crippen molar-refractivity contribution in [2.24, 2.45) is 0 Å².